The van der Waals surface area contributed by atoms with E-state index in [2.05, 4.69) is 15.6 Å². The minimum absolute atomic E-state index is 0.0697. The zero-order valence-corrected chi connectivity index (χ0v) is 12.8. The quantitative estimate of drug-likeness (QED) is 0.716. The average Bonchev–Trinajstić information content (AvgIpc) is 2.54. The highest BCUT2D eigenvalue weighted by atomic mass is 35.5. The maximum Gasteiger partial charge on any atom is 0.319 e. The number of pyridine rings is 1. The minimum Gasteiger partial charge on any atom is -0.396 e. The summed E-state index contributed by atoms with van der Waals surface area (Å²) < 4.78 is 0. The van der Waals surface area contributed by atoms with Crippen LogP contribution in [-0.2, 0) is 0 Å². The van der Waals surface area contributed by atoms with Crippen molar-refractivity contribution in [1.82, 2.24) is 10.3 Å². The molecule has 0 saturated heterocycles. The fraction of sp³-hybridized carbons (Fsp3) is 0.250. The van der Waals surface area contributed by atoms with Crippen LogP contribution < -0.4 is 10.6 Å². The summed E-state index contributed by atoms with van der Waals surface area (Å²) in [6.07, 6.45) is 2.08. The van der Waals surface area contributed by atoms with Crippen molar-refractivity contribution in [3.8, 4) is 0 Å². The molecule has 0 saturated carbocycles. The van der Waals surface area contributed by atoms with Crippen LogP contribution in [-0.4, -0.2) is 29.3 Å². The zero-order valence-electron chi connectivity index (χ0n) is 12.0. The van der Waals surface area contributed by atoms with E-state index < -0.39 is 0 Å². The standard InChI is InChI=1S/C16H18ClN3O2/c17-15-7-6-14(11-18-15)20-16(22)19-10-13(8-9-21)12-4-2-1-3-5-12/h1-7,11,13,21H,8-10H2,(H2,19,20,22). The normalized spacial score (nSPS) is 11.7. The van der Waals surface area contributed by atoms with E-state index in [1.807, 2.05) is 30.3 Å². The molecule has 0 spiro atoms. The van der Waals surface area contributed by atoms with Gasteiger partial charge in [0.2, 0.25) is 0 Å². The lowest BCUT2D eigenvalue weighted by Gasteiger charge is -2.17. The Bertz CT molecular complexity index is 590. The molecule has 1 atom stereocenters. The summed E-state index contributed by atoms with van der Waals surface area (Å²) >= 11 is 5.69. The van der Waals surface area contributed by atoms with Gasteiger partial charge >= 0.3 is 6.03 Å². The predicted octanol–water partition coefficient (Wildman–Crippen LogP) is 3.02. The van der Waals surface area contributed by atoms with E-state index in [0.717, 1.165) is 5.56 Å². The van der Waals surface area contributed by atoms with Crippen molar-refractivity contribution in [2.45, 2.75) is 12.3 Å². The van der Waals surface area contributed by atoms with E-state index in [-0.39, 0.29) is 18.6 Å². The molecule has 1 aromatic carbocycles. The van der Waals surface area contributed by atoms with Crippen LogP contribution in [0.2, 0.25) is 5.15 Å². The van der Waals surface area contributed by atoms with Gasteiger partial charge in [-0.2, -0.15) is 0 Å². The first kappa shape index (κ1) is 16.3. The van der Waals surface area contributed by atoms with Crippen molar-refractivity contribution < 1.29 is 9.90 Å². The Balaban J connectivity index is 1.89. The van der Waals surface area contributed by atoms with Gasteiger partial charge in [-0.3, -0.25) is 0 Å². The Morgan fingerprint density at radius 1 is 1.23 bits per heavy atom. The van der Waals surface area contributed by atoms with Gasteiger partial charge in [-0.1, -0.05) is 41.9 Å². The van der Waals surface area contributed by atoms with Crippen LogP contribution in [0, 0.1) is 0 Å². The maximum atomic E-state index is 11.9. The first-order chi connectivity index (χ1) is 10.7. The largest absolute Gasteiger partial charge is 0.396 e. The molecule has 2 aromatic rings. The van der Waals surface area contributed by atoms with Crippen LogP contribution in [0.4, 0.5) is 10.5 Å². The highest BCUT2D eigenvalue weighted by Gasteiger charge is 2.12. The molecular formula is C16H18ClN3O2. The molecule has 1 aromatic heterocycles. The van der Waals surface area contributed by atoms with E-state index in [9.17, 15) is 9.90 Å². The number of hydrogen-bond acceptors (Lipinski definition) is 3. The molecule has 2 rings (SSSR count). The molecule has 3 N–H and O–H groups in total. The van der Waals surface area contributed by atoms with Crippen molar-refractivity contribution in [3.63, 3.8) is 0 Å². The molecule has 0 fully saturated rings. The van der Waals surface area contributed by atoms with Crippen LogP contribution in [0.3, 0.4) is 0 Å². The van der Waals surface area contributed by atoms with Crippen LogP contribution in [0.5, 0.6) is 0 Å². The maximum absolute atomic E-state index is 11.9. The number of carbonyl (C=O) groups excluding carboxylic acids is 1. The fourth-order valence-electron chi connectivity index (χ4n) is 2.11. The minimum atomic E-state index is -0.317. The number of aliphatic hydroxyl groups is 1. The van der Waals surface area contributed by atoms with E-state index in [1.54, 1.807) is 12.1 Å². The number of carbonyl (C=O) groups is 1. The Kier molecular flexibility index (Phi) is 6.18. The van der Waals surface area contributed by atoms with Crippen LogP contribution in [0.15, 0.2) is 48.7 Å². The number of rotatable bonds is 6. The van der Waals surface area contributed by atoms with Gasteiger partial charge in [0.25, 0.3) is 0 Å². The summed E-state index contributed by atoms with van der Waals surface area (Å²) in [5, 5.41) is 15.0. The van der Waals surface area contributed by atoms with Gasteiger partial charge in [-0.15, -0.1) is 0 Å². The van der Waals surface area contributed by atoms with Gasteiger partial charge in [0, 0.05) is 19.1 Å². The topological polar surface area (TPSA) is 74.2 Å². The lowest BCUT2D eigenvalue weighted by Crippen LogP contribution is -2.32. The van der Waals surface area contributed by atoms with Gasteiger partial charge in [0.15, 0.2) is 0 Å². The highest BCUT2D eigenvalue weighted by molar-refractivity contribution is 6.29. The fourth-order valence-corrected chi connectivity index (χ4v) is 2.22. The number of urea groups is 1. The lowest BCUT2D eigenvalue weighted by atomic mass is 9.96. The molecule has 0 aliphatic heterocycles. The number of nitrogens with one attached hydrogen (secondary N) is 2. The molecule has 0 aliphatic rings. The third kappa shape index (κ3) is 5.02. The third-order valence-electron chi connectivity index (χ3n) is 3.24. The summed E-state index contributed by atoms with van der Waals surface area (Å²) in [6, 6.07) is 12.8. The second kappa shape index (κ2) is 8.36. The van der Waals surface area contributed by atoms with E-state index in [0.29, 0.717) is 23.8 Å². The molecule has 22 heavy (non-hydrogen) atoms. The summed E-state index contributed by atoms with van der Waals surface area (Å²) in [4.78, 5) is 15.8. The van der Waals surface area contributed by atoms with Crippen LogP contribution in [0.25, 0.3) is 0 Å². The van der Waals surface area contributed by atoms with Crippen LogP contribution >= 0.6 is 11.6 Å². The van der Waals surface area contributed by atoms with Gasteiger partial charge in [0.05, 0.1) is 11.9 Å². The molecule has 0 radical (unpaired) electrons. The Labute approximate surface area is 134 Å². The van der Waals surface area contributed by atoms with E-state index >= 15 is 0 Å². The molecule has 0 aliphatic carbocycles. The van der Waals surface area contributed by atoms with Gasteiger partial charge < -0.3 is 15.7 Å². The molecule has 2 amide bonds. The Hall–Kier alpha value is -2.11. The Morgan fingerprint density at radius 3 is 2.64 bits per heavy atom. The van der Waals surface area contributed by atoms with Crippen molar-refractivity contribution in [1.29, 1.82) is 0 Å². The molecule has 1 heterocycles. The number of anilines is 1. The second-order valence-electron chi connectivity index (χ2n) is 4.82. The summed E-state index contributed by atoms with van der Waals surface area (Å²) in [6.45, 7) is 0.515. The lowest BCUT2D eigenvalue weighted by molar-refractivity contribution is 0.248. The number of benzene rings is 1. The molecule has 1 unspecified atom stereocenters. The number of amides is 2. The molecule has 6 heteroatoms. The summed E-state index contributed by atoms with van der Waals surface area (Å²) in [7, 11) is 0. The first-order valence-electron chi connectivity index (χ1n) is 7.01. The van der Waals surface area contributed by atoms with E-state index in [1.165, 1.54) is 6.20 Å². The summed E-state index contributed by atoms with van der Waals surface area (Å²) in [5.74, 6) is 0.0697. The van der Waals surface area contributed by atoms with Crippen molar-refractivity contribution >= 4 is 23.3 Å². The smallest absolute Gasteiger partial charge is 0.319 e. The van der Waals surface area contributed by atoms with Crippen molar-refractivity contribution in [3.05, 3.63) is 59.4 Å². The van der Waals surface area contributed by atoms with E-state index in [4.69, 9.17) is 11.6 Å². The number of aliphatic hydroxyl groups excluding tert-OH is 1. The van der Waals surface area contributed by atoms with Gasteiger partial charge in [0.1, 0.15) is 5.15 Å². The van der Waals surface area contributed by atoms with Gasteiger partial charge in [-0.25, -0.2) is 9.78 Å². The van der Waals surface area contributed by atoms with Crippen molar-refractivity contribution in [2.24, 2.45) is 0 Å². The zero-order chi connectivity index (χ0) is 15.8. The predicted molar refractivity (Wildman–Crippen MR) is 87.2 cm³/mol. The SMILES string of the molecule is O=C(NCC(CCO)c1ccccc1)Nc1ccc(Cl)nc1. The molecule has 5 nitrogen and oxygen atoms in total. The highest BCUT2D eigenvalue weighted by Crippen LogP contribution is 2.18. The Morgan fingerprint density at radius 2 is 2.00 bits per heavy atom. The van der Waals surface area contributed by atoms with Crippen LogP contribution in [0.1, 0.15) is 17.9 Å². The molecule has 0 bridgehead atoms. The average molecular weight is 320 g/mol. The third-order valence-corrected chi connectivity index (χ3v) is 3.47. The summed E-state index contributed by atoms with van der Waals surface area (Å²) in [5.41, 5.74) is 1.66. The molecular weight excluding hydrogens is 302 g/mol. The number of hydrogen-bond donors (Lipinski definition) is 3. The van der Waals surface area contributed by atoms with Crippen molar-refractivity contribution in [2.75, 3.05) is 18.5 Å². The number of halogens is 1. The van der Waals surface area contributed by atoms with Gasteiger partial charge in [-0.05, 0) is 24.1 Å². The number of nitrogens with zero attached hydrogens (tertiary/aromatic N) is 1. The first-order valence-corrected chi connectivity index (χ1v) is 7.39. The number of aromatic nitrogens is 1. The molecule has 116 valence electrons. The second-order valence-corrected chi connectivity index (χ2v) is 5.21. The monoisotopic (exact) mass is 319 g/mol.